The molecule has 0 amide bonds. The zero-order chi connectivity index (χ0) is 74.2. The van der Waals surface area contributed by atoms with Crippen LogP contribution in [0.15, 0.2) is 342 Å². The van der Waals surface area contributed by atoms with Crippen LogP contribution in [-0.2, 0) is 0 Å². The summed E-state index contributed by atoms with van der Waals surface area (Å²) in [4.78, 5) is 48.4. The number of hydrogen-bond acceptors (Lipinski definition) is 14. The van der Waals surface area contributed by atoms with Crippen LogP contribution < -0.4 is 0 Å². The molecule has 526 valence electrons. The minimum atomic E-state index is 0.532. The zero-order valence-electron chi connectivity index (χ0n) is 59.8. The molecule has 23 aromatic rings. The van der Waals surface area contributed by atoms with Crippen LogP contribution in [0, 0.1) is 0 Å². The Morgan fingerprint density at radius 1 is 0.204 bits per heavy atom. The summed E-state index contributed by atoms with van der Waals surface area (Å²) < 4.78 is 20.9. The Balaban J connectivity index is 0.626. The number of para-hydroxylation sites is 2. The molecule has 0 spiro atoms. The Kier molecular flexibility index (Phi) is 14.9. The van der Waals surface area contributed by atoms with Gasteiger partial charge in [0.1, 0.15) is 22.3 Å². The summed E-state index contributed by atoms with van der Waals surface area (Å²) in [5, 5.41) is 8.36. The third kappa shape index (κ3) is 10.9. The Hall–Kier alpha value is -14.4. The van der Waals surface area contributed by atoms with E-state index in [-0.39, 0.29) is 0 Å². The molecule has 9 aromatic heterocycles. The Morgan fingerprint density at radius 2 is 0.566 bits per heavy atom. The topological polar surface area (TPSA) is 142 Å². The van der Waals surface area contributed by atoms with Gasteiger partial charge in [0.2, 0.25) is 0 Å². The van der Waals surface area contributed by atoms with Crippen molar-refractivity contribution >= 4 is 139 Å². The number of fused-ring (bicyclic) bond motifs is 15. The summed E-state index contributed by atoms with van der Waals surface area (Å²) in [6.07, 6.45) is 0. The molecule has 0 radical (unpaired) electrons. The number of furan rings is 2. The summed E-state index contributed by atoms with van der Waals surface area (Å²) >= 11 is 5.22. The van der Waals surface area contributed by atoms with Gasteiger partial charge in [-0.05, 0) is 89.0 Å². The number of benzene rings is 14. The van der Waals surface area contributed by atoms with Crippen LogP contribution in [-0.4, -0.2) is 44.9 Å². The Labute approximate surface area is 656 Å². The van der Waals surface area contributed by atoms with Crippen molar-refractivity contribution in [1.82, 2.24) is 44.9 Å². The number of rotatable bonds is 12. The molecule has 14 heteroatoms. The smallest absolute Gasteiger partial charge is 0.164 e. The van der Waals surface area contributed by atoms with Crippen LogP contribution in [0.3, 0.4) is 0 Å². The molecule has 0 aliphatic rings. The van der Waals surface area contributed by atoms with Crippen molar-refractivity contribution in [1.29, 1.82) is 0 Å². The number of nitrogens with zero attached hydrogens (tertiary/aromatic N) is 9. The third-order valence-electron chi connectivity index (χ3n) is 21.4. The fourth-order valence-electron chi connectivity index (χ4n) is 16.1. The minimum absolute atomic E-state index is 0.532. The van der Waals surface area contributed by atoms with E-state index in [2.05, 4.69) is 243 Å². The second-order valence-corrected chi connectivity index (χ2v) is 31.3. The maximum absolute atomic E-state index is 7.15. The van der Waals surface area contributed by atoms with Gasteiger partial charge in [0.25, 0.3) is 0 Å². The van der Waals surface area contributed by atoms with E-state index < -0.39 is 0 Å². The van der Waals surface area contributed by atoms with E-state index >= 15 is 0 Å². The lowest BCUT2D eigenvalue weighted by Gasteiger charge is -2.12. The second kappa shape index (κ2) is 26.2. The third-order valence-corrected chi connectivity index (χ3v) is 25.0. The summed E-state index contributed by atoms with van der Waals surface area (Å²) in [5.74, 6) is 3.51. The first-order valence-electron chi connectivity index (χ1n) is 37.3. The normalized spacial score (nSPS) is 11.9. The molecule has 0 saturated carbocycles. The van der Waals surface area contributed by atoms with E-state index in [9.17, 15) is 0 Å². The highest BCUT2D eigenvalue weighted by Crippen LogP contribution is 2.49. The molecule has 14 aromatic carbocycles. The number of aromatic nitrogens is 9. The minimum Gasteiger partial charge on any atom is -0.455 e. The first-order chi connectivity index (χ1) is 56.0. The van der Waals surface area contributed by atoms with E-state index in [1.807, 2.05) is 102 Å². The molecular weight excluding hydrogens is 1440 g/mol. The molecule has 0 fully saturated rings. The summed E-state index contributed by atoms with van der Waals surface area (Å²) in [7, 11) is 0. The number of thiophene rings is 3. The summed E-state index contributed by atoms with van der Waals surface area (Å²) in [6.45, 7) is 0. The van der Waals surface area contributed by atoms with Gasteiger partial charge in [-0.1, -0.05) is 267 Å². The van der Waals surface area contributed by atoms with Gasteiger partial charge >= 0.3 is 0 Å². The molecule has 9 heterocycles. The van der Waals surface area contributed by atoms with Crippen molar-refractivity contribution in [3.63, 3.8) is 0 Å². The van der Waals surface area contributed by atoms with Gasteiger partial charge in [-0.2, -0.15) is 0 Å². The maximum Gasteiger partial charge on any atom is 0.164 e. The fraction of sp³-hybridized carbons (Fsp3) is 0. The monoisotopic (exact) mass is 1500 g/mol. The van der Waals surface area contributed by atoms with Crippen LogP contribution in [0.2, 0.25) is 0 Å². The van der Waals surface area contributed by atoms with Crippen LogP contribution in [0.4, 0.5) is 0 Å². The predicted octanol–water partition coefficient (Wildman–Crippen LogP) is 27.1. The molecule has 0 aliphatic heterocycles. The van der Waals surface area contributed by atoms with Crippen LogP contribution in [0.5, 0.6) is 0 Å². The van der Waals surface area contributed by atoms with Gasteiger partial charge in [-0.15, -0.1) is 34.0 Å². The molecule has 0 aliphatic carbocycles. The van der Waals surface area contributed by atoms with Gasteiger partial charge in [0.15, 0.2) is 34.9 Å². The lowest BCUT2D eigenvalue weighted by atomic mass is 9.97. The lowest BCUT2D eigenvalue weighted by molar-refractivity contribution is 0.669. The first kappa shape index (κ1) is 64.6. The molecule has 0 saturated heterocycles. The Bertz CT molecular complexity index is 7840. The number of hydrogen-bond donors (Lipinski definition) is 0. The van der Waals surface area contributed by atoms with E-state index in [1.54, 1.807) is 22.7 Å². The van der Waals surface area contributed by atoms with Crippen LogP contribution in [0.25, 0.3) is 240 Å². The van der Waals surface area contributed by atoms with E-state index in [0.29, 0.717) is 46.1 Å². The van der Waals surface area contributed by atoms with Crippen molar-refractivity contribution in [3.8, 4) is 136 Å². The largest absolute Gasteiger partial charge is 0.455 e. The first-order valence-corrected chi connectivity index (χ1v) is 39.7. The van der Waals surface area contributed by atoms with Crippen molar-refractivity contribution in [2.75, 3.05) is 0 Å². The van der Waals surface area contributed by atoms with Gasteiger partial charge in [0.05, 0.1) is 43.2 Å². The SMILES string of the molecule is c1ccc(-c2nc(-c3cccc(-c4cccc(-c5nc(-c6cccc7c6oc6cccc(-c8nc(-c9ccccc9)nc(-c9cccc(-c%10cccc%11c%10sc%10ccccc%10%11)c9)n8)c67)c6sc7ccccc7c6n5)c4)c3)cc(-c3cccc4oc5c(-c6nc(-c7ccccc7)nc7c6sc6ccccc67)cccc5c34)n2)cc1. The van der Waals surface area contributed by atoms with Gasteiger partial charge in [-0.3, -0.25) is 0 Å². The van der Waals surface area contributed by atoms with Crippen LogP contribution >= 0.6 is 34.0 Å². The highest BCUT2D eigenvalue weighted by Gasteiger charge is 2.27. The summed E-state index contributed by atoms with van der Waals surface area (Å²) in [5.41, 5.74) is 20.9. The van der Waals surface area contributed by atoms with E-state index in [4.69, 9.17) is 53.7 Å². The van der Waals surface area contributed by atoms with Crippen molar-refractivity contribution in [2.45, 2.75) is 0 Å². The van der Waals surface area contributed by atoms with Gasteiger partial charge in [0, 0.05) is 118 Å². The van der Waals surface area contributed by atoms with Gasteiger partial charge in [-0.25, -0.2) is 44.9 Å². The van der Waals surface area contributed by atoms with E-state index in [0.717, 1.165) is 168 Å². The highest BCUT2D eigenvalue weighted by atomic mass is 32.1. The van der Waals surface area contributed by atoms with Crippen LogP contribution in [0.1, 0.15) is 0 Å². The molecule has 23 rings (SSSR count). The molecule has 0 N–H and O–H groups in total. The standard InChI is InChI=1S/C99H55N9O2S3/c1-4-24-56(25-5-1)94-100-76(55-77(101-94)68-41-22-47-78-83(68)71-42-20-45-74(89(71)109-78)87-92-85(69-37-11-14-50-81(69)112-92)102-95(104-87)57-26-6-2-7-27-57)62-33-16-30-59(52-62)60-31-17-34-63(53-60)97-103-86-70-38-12-15-51-82(70)113-93(86)88(105-97)75-46-21-43-72-84-73(44-23-48-79(84)110-90(72)75)99-107-96(58-28-8-3-9-29-58)106-98(108-99)64-35-18-32-61(54-64)65-39-19-40-67-66-36-10-13-49-80(66)111-91(65)67/h1-55H. The van der Waals surface area contributed by atoms with Crippen molar-refractivity contribution in [3.05, 3.63) is 334 Å². The predicted molar refractivity (Wildman–Crippen MR) is 465 cm³/mol. The molecule has 113 heavy (non-hydrogen) atoms. The van der Waals surface area contributed by atoms with Crippen molar-refractivity contribution < 1.29 is 8.83 Å². The maximum atomic E-state index is 7.15. The molecule has 0 atom stereocenters. The lowest BCUT2D eigenvalue weighted by Crippen LogP contribution is -2.00. The summed E-state index contributed by atoms with van der Waals surface area (Å²) in [6, 6.07) is 116. The quantitative estimate of drug-likeness (QED) is 0.115. The highest BCUT2D eigenvalue weighted by molar-refractivity contribution is 7.27. The average Bonchev–Trinajstić information content (AvgIpc) is 1.61. The molecule has 0 unspecified atom stereocenters. The zero-order valence-corrected chi connectivity index (χ0v) is 62.3. The second-order valence-electron chi connectivity index (χ2n) is 28.2. The van der Waals surface area contributed by atoms with Gasteiger partial charge < -0.3 is 8.83 Å². The molecule has 0 bridgehead atoms. The van der Waals surface area contributed by atoms with E-state index in [1.165, 1.54) is 25.7 Å². The molecule has 11 nitrogen and oxygen atoms in total. The van der Waals surface area contributed by atoms with Crippen molar-refractivity contribution in [2.24, 2.45) is 0 Å². The average molecular weight is 1500 g/mol. The Morgan fingerprint density at radius 3 is 1.15 bits per heavy atom. The fourth-order valence-corrected chi connectivity index (χ4v) is 19.7. The molecular formula is C99H55N9O2S3.